The van der Waals surface area contributed by atoms with E-state index in [-0.39, 0.29) is 18.8 Å². The third-order valence-corrected chi connectivity index (χ3v) is 3.95. The van der Waals surface area contributed by atoms with Crippen molar-refractivity contribution in [1.82, 2.24) is 5.32 Å². The predicted molar refractivity (Wildman–Crippen MR) is 84.9 cm³/mol. The zero-order valence-electron chi connectivity index (χ0n) is 13.6. The molecule has 7 nitrogen and oxygen atoms in total. The average molecular weight is 332 g/mol. The minimum absolute atomic E-state index is 0.198. The van der Waals surface area contributed by atoms with E-state index in [9.17, 15) is 14.7 Å². The van der Waals surface area contributed by atoms with Crippen LogP contribution < -0.4 is 5.32 Å². The van der Waals surface area contributed by atoms with Crippen molar-refractivity contribution >= 4 is 28.9 Å². The van der Waals surface area contributed by atoms with Gasteiger partial charge in [0, 0.05) is 5.75 Å². The maximum absolute atomic E-state index is 11.7. The van der Waals surface area contributed by atoms with Gasteiger partial charge in [-0.25, -0.2) is 9.79 Å². The summed E-state index contributed by atoms with van der Waals surface area (Å²) in [5.41, 5.74) is -2.06. The number of aliphatic hydroxyl groups is 1. The monoisotopic (exact) mass is 332 g/mol. The lowest BCUT2D eigenvalue weighted by molar-refractivity contribution is -0.147. The highest BCUT2D eigenvalue weighted by Crippen LogP contribution is 2.30. The van der Waals surface area contributed by atoms with Crippen LogP contribution in [0.2, 0.25) is 0 Å². The highest BCUT2D eigenvalue weighted by molar-refractivity contribution is 8.14. The standard InChI is InChI=1S/C14H24N2O5S/c1-6-20-10(17)7-14(19)8-22-11(16-14)9(2)15-12(18)21-13(3,4)5/h9,19H,6-8H2,1-5H3,(H,15,18)/t9-,14?/m0/s1. The molecule has 1 amide bonds. The summed E-state index contributed by atoms with van der Waals surface area (Å²) in [6.07, 6.45) is -0.750. The third kappa shape index (κ3) is 6.23. The van der Waals surface area contributed by atoms with Gasteiger partial charge in [-0.3, -0.25) is 4.79 Å². The molecule has 1 unspecified atom stereocenters. The maximum atomic E-state index is 11.7. The van der Waals surface area contributed by atoms with Gasteiger partial charge in [-0.1, -0.05) is 0 Å². The molecule has 1 heterocycles. The Morgan fingerprint density at radius 2 is 2.14 bits per heavy atom. The van der Waals surface area contributed by atoms with E-state index in [1.807, 2.05) is 0 Å². The first kappa shape index (κ1) is 18.8. The molecule has 0 aromatic heterocycles. The van der Waals surface area contributed by atoms with Gasteiger partial charge in [0.1, 0.15) is 5.60 Å². The lowest BCUT2D eigenvalue weighted by Gasteiger charge is -2.21. The first-order chi connectivity index (χ1) is 10.0. The molecule has 0 fully saturated rings. The van der Waals surface area contributed by atoms with Gasteiger partial charge in [-0.15, -0.1) is 11.8 Å². The smallest absolute Gasteiger partial charge is 0.408 e. The van der Waals surface area contributed by atoms with Crippen LogP contribution in [0, 0.1) is 0 Å². The van der Waals surface area contributed by atoms with Gasteiger partial charge in [0.15, 0.2) is 5.72 Å². The Hall–Kier alpha value is -1.28. The van der Waals surface area contributed by atoms with Gasteiger partial charge in [-0.2, -0.15) is 0 Å². The van der Waals surface area contributed by atoms with Crippen LogP contribution in [0.1, 0.15) is 41.0 Å². The molecule has 0 bridgehead atoms. The summed E-state index contributed by atoms with van der Waals surface area (Å²) >= 11 is 1.30. The Balaban J connectivity index is 2.60. The molecule has 0 saturated heterocycles. The van der Waals surface area contributed by atoms with Crippen molar-refractivity contribution in [2.45, 2.75) is 58.4 Å². The van der Waals surface area contributed by atoms with E-state index < -0.39 is 29.4 Å². The van der Waals surface area contributed by atoms with Crippen LogP contribution in [0.4, 0.5) is 4.79 Å². The summed E-state index contributed by atoms with van der Waals surface area (Å²) in [5, 5.41) is 13.5. The van der Waals surface area contributed by atoms with Crippen molar-refractivity contribution in [3.63, 3.8) is 0 Å². The lowest BCUT2D eigenvalue weighted by atomic mass is 10.2. The van der Waals surface area contributed by atoms with Crippen molar-refractivity contribution in [3.8, 4) is 0 Å². The van der Waals surface area contributed by atoms with Crippen molar-refractivity contribution in [2.75, 3.05) is 12.4 Å². The van der Waals surface area contributed by atoms with Crippen LogP contribution >= 0.6 is 11.8 Å². The Morgan fingerprint density at radius 1 is 1.50 bits per heavy atom. The molecule has 2 N–H and O–H groups in total. The number of ether oxygens (including phenoxy) is 2. The molecular weight excluding hydrogens is 308 g/mol. The Kier molecular flexibility index (Phi) is 6.25. The Bertz CT molecular complexity index is 461. The molecule has 0 saturated carbocycles. The number of hydrogen-bond donors (Lipinski definition) is 2. The predicted octanol–water partition coefficient (Wildman–Crippen LogP) is 1.69. The van der Waals surface area contributed by atoms with Crippen molar-refractivity contribution in [2.24, 2.45) is 4.99 Å². The van der Waals surface area contributed by atoms with Crippen molar-refractivity contribution in [1.29, 1.82) is 0 Å². The molecule has 126 valence electrons. The van der Waals surface area contributed by atoms with E-state index in [4.69, 9.17) is 9.47 Å². The fourth-order valence-electron chi connectivity index (χ4n) is 1.76. The number of alkyl carbamates (subject to hydrolysis) is 1. The Morgan fingerprint density at radius 3 is 2.68 bits per heavy atom. The number of thioether (sulfide) groups is 1. The van der Waals surface area contributed by atoms with E-state index in [0.717, 1.165) is 0 Å². The lowest BCUT2D eigenvalue weighted by Crippen LogP contribution is -2.40. The number of carbonyl (C=O) groups is 2. The molecule has 1 aliphatic rings. The maximum Gasteiger partial charge on any atom is 0.408 e. The van der Waals surface area contributed by atoms with Crippen LogP contribution in [0.3, 0.4) is 0 Å². The average Bonchev–Trinajstić information content (AvgIpc) is 2.69. The van der Waals surface area contributed by atoms with Gasteiger partial charge in [0.2, 0.25) is 0 Å². The molecule has 8 heteroatoms. The summed E-state index contributed by atoms with van der Waals surface area (Å²) in [6.45, 7) is 9.03. The molecule has 0 radical (unpaired) electrons. The van der Waals surface area contributed by atoms with Gasteiger partial charge < -0.3 is 19.9 Å². The normalized spacial score (nSPS) is 22.7. The van der Waals surface area contributed by atoms with E-state index in [1.54, 1.807) is 34.6 Å². The van der Waals surface area contributed by atoms with Crippen LogP contribution in [0.15, 0.2) is 4.99 Å². The van der Waals surface area contributed by atoms with Crippen LogP contribution in [0.25, 0.3) is 0 Å². The van der Waals surface area contributed by atoms with Gasteiger partial charge >= 0.3 is 12.1 Å². The van der Waals surface area contributed by atoms with E-state index in [1.165, 1.54) is 11.8 Å². The first-order valence-electron chi connectivity index (χ1n) is 7.15. The van der Waals surface area contributed by atoms with Crippen molar-refractivity contribution in [3.05, 3.63) is 0 Å². The largest absolute Gasteiger partial charge is 0.466 e. The summed E-state index contributed by atoms with van der Waals surface area (Å²) in [5.74, 6) is -0.245. The molecule has 0 aromatic rings. The number of hydrogen-bond acceptors (Lipinski definition) is 7. The number of nitrogens with zero attached hydrogens (tertiary/aromatic N) is 1. The van der Waals surface area contributed by atoms with Crippen molar-refractivity contribution < 1.29 is 24.2 Å². The molecule has 22 heavy (non-hydrogen) atoms. The summed E-state index contributed by atoms with van der Waals surface area (Å²) in [7, 11) is 0. The van der Waals surface area contributed by atoms with E-state index in [2.05, 4.69) is 10.3 Å². The number of carbonyl (C=O) groups excluding carboxylic acids is 2. The molecular formula is C14H24N2O5S. The number of nitrogens with one attached hydrogen (secondary N) is 1. The van der Waals surface area contributed by atoms with Crippen LogP contribution in [-0.2, 0) is 14.3 Å². The molecule has 2 atom stereocenters. The minimum atomic E-state index is -1.48. The first-order valence-corrected chi connectivity index (χ1v) is 8.13. The topological polar surface area (TPSA) is 97.2 Å². The molecule has 0 spiro atoms. The molecule has 0 aliphatic carbocycles. The zero-order valence-corrected chi connectivity index (χ0v) is 14.5. The van der Waals surface area contributed by atoms with Gasteiger partial charge in [0.05, 0.1) is 24.1 Å². The number of amides is 1. The highest BCUT2D eigenvalue weighted by atomic mass is 32.2. The fourth-order valence-corrected chi connectivity index (χ4v) is 2.85. The molecule has 0 aromatic carbocycles. The fraction of sp³-hybridized carbons (Fsp3) is 0.786. The van der Waals surface area contributed by atoms with E-state index in [0.29, 0.717) is 5.04 Å². The quantitative estimate of drug-likeness (QED) is 0.744. The minimum Gasteiger partial charge on any atom is -0.466 e. The second-order valence-corrected chi connectivity index (χ2v) is 7.07. The number of aliphatic imine (C=N–C) groups is 1. The molecule has 1 rings (SSSR count). The summed E-state index contributed by atoms with van der Waals surface area (Å²) in [4.78, 5) is 27.3. The second kappa shape index (κ2) is 7.32. The number of esters is 1. The van der Waals surface area contributed by atoms with Crippen LogP contribution in [0.5, 0.6) is 0 Å². The van der Waals surface area contributed by atoms with Gasteiger partial charge in [-0.05, 0) is 34.6 Å². The second-order valence-electron chi connectivity index (χ2n) is 6.07. The Labute approximate surface area is 134 Å². The number of rotatable bonds is 5. The van der Waals surface area contributed by atoms with Gasteiger partial charge in [0.25, 0.3) is 0 Å². The van der Waals surface area contributed by atoms with E-state index >= 15 is 0 Å². The molecule has 1 aliphatic heterocycles. The third-order valence-electron chi connectivity index (χ3n) is 2.61. The zero-order chi connectivity index (χ0) is 17.0. The highest BCUT2D eigenvalue weighted by Gasteiger charge is 2.37. The summed E-state index contributed by atoms with van der Waals surface area (Å²) < 4.78 is 9.98. The SMILES string of the molecule is CCOC(=O)CC1(O)CSC([C@H](C)NC(=O)OC(C)(C)C)=N1. The van der Waals surface area contributed by atoms with Crippen LogP contribution in [-0.4, -0.2) is 51.9 Å². The summed E-state index contributed by atoms with van der Waals surface area (Å²) in [6, 6.07) is -0.406.